The second-order valence-corrected chi connectivity index (χ2v) is 7.46. The van der Waals surface area contributed by atoms with Crippen molar-refractivity contribution in [1.29, 1.82) is 0 Å². The lowest BCUT2D eigenvalue weighted by Gasteiger charge is -2.32. The fourth-order valence-electron chi connectivity index (χ4n) is 3.92. The molecule has 2 heterocycles. The van der Waals surface area contributed by atoms with Crippen molar-refractivity contribution in [2.24, 2.45) is 11.8 Å². The number of amides is 2. The minimum atomic E-state index is -0.0412. The molecule has 2 amide bonds. The van der Waals surface area contributed by atoms with Crippen LogP contribution in [0.15, 0.2) is 24.3 Å². The molecule has 0 spiro atoms. The first-order valence-corrected chi connectivity index (χ1v) is 9.52. The first-order chi connectivity index (χ1) is 12.6. The Morgan fingerprint density at radius 1 is 0.808 bits per heavy atom. The zero-order valence-electron chi connectivity index (χ0n) is 15.1. The zero-order chi connectivity index (χ0) is 18.5. The Morgan fingerprint density at radius 3 is 1.54 bits per heavy atom. The van der Waals surface area contributed by atoms with Gasteiger partial charge in [-0.2, -0.15) is 0 Å². The molecule has 26 heavy (non-hydrogen) atoms. The Bertz CT molecular complexity index is 576. The monoisotopic (exact) mass is 360 g/mol. The van der Waals surface area contributed by atoms with Crippen LogP contribution in [-0.4, -0.2) is 71.2 Å². The van der Waals surface area contributed by atoms with E-state index in [0.717, 1.165) is 25.7 Å². The molecule has 1 aromatic rings. The third-order valence-corrected chi connectivity index (χ3v) is 5.51. The molecule has 2 atom stereocenters. The minimum Gasteiger partial charge on any atom is -0.396 e. The SMILES string of the molecule is O=C(c1ccc(C(=O)N2CCCC(CO)C2)cc1)N1CCCC(CO)C1. The summed E-state index contributed by atoms with van der Waals surface area (Å²) in [5.74, 6) is 0.236. The highest BCUT2D eigenvalue weighted by molar-refractivity contribution is 5.98. The van der Waals surface area contributed by atoms with Crippen LogP contribution in [0.2, 0.25) is 0 Å². The number of benzene rings is 1. The maximum absolute atomic E-state index is 12.6. The molecular weight excluding hydrogens is 332 g/mol. The van der Waals surface area contributed by atoms with Gasteiger partial charge in [-0.05, 0) is 61.8 Å². The Hall–Kier alpha value is -1.92. The van der Waals surface area contributed by atoms with E-state index in [1.54, 1.807) is 34.1 Å². The molecule has 0 bridgehead atoms. The lowest BCUT2D eigenvalue weighted by atomic mass is 9.97. The van der Waals surface area contributed by atoms with Crippen LogP contribution in [-0.2, 0) is 0 Å². The lowest BCUT2D eigenvalue weighted by molar-refractivity contribution is 0.0609. The molecule has 2 unspecified atom stereocenters. The van der Waals surface area contributed by atoms with Crippen LogP contribution in [0.4, 0.5) is 0 Å². The Morgan fingerprint density at radius 2 is 1.19 bits per heavy atom. The first kappa shape index (κ1) is 18.9. The Labute approximate surface area is 154 Å². The molecule has 2 aliphatic rings. The predicted octanol–water partition coefficient (Wildman–Crippen LogP) is 1.38. The molecule has 2 N–H and O–H groups in total. The summed E-state index contributed by atoms with van der Waals surface area (Å²) < 4.78 is 0. The van der Waals surface area contributed by atoms with Crippen molar-refractivity contribution in [1.82, 2.24) is 9.80 Å². The van der Waals surface area contributed by atoms with Gasteiger partial charge in [0, 0.05) is 50.5 Å². The van der Waals surface area contributed by atoms with E-state index in [2.05, 4.69) is 0 Å². The molecule has 0 saturated carbocycles. The molecule has 6 nitrogen and oxygen atoms in total. The average molecular weight is 360 g/mol. The van der Waals surface area contributed by atoms with Crippen LogP contribution in [0.25, 0.3) is 0 Å². The van der Waals surface area contributed by atoms with Crippen LogP contribution in [0.3, 0.4) is 0 Å². The number of hydrogen-bond donors (Lipinski definition) is 2. The van der Waals surface area contributed by atoms with Crippen molar-refractivity contribution < 1.29 is 19.8 Å². The molecule has 2 saturated heterocycles. The van der Waals surface area contributed by atoms with Crippen LogP contribution < -0.4 is 0 Å². The van der Waals surface area contributed by atoms with E-state index in [1.165, 1.54) is 0 Å². The third kappa shape index (κ3) is 4.24. The van der Waals surface area contributed by atoms with E-state index < -0.39 is 0 Å². The van der Waals surface area contributed by atoms with Gasteiger partial charge in [-0.3, -0.25) is 9.59 Å². The van der Waals surface area contributed by atoms with Gasteiger partial charge in [0.2, 0.25) is 0 Å². The molecule has 3 rings (SSSR count). The number of nitrogens with zero attached hydrogens (tertiary/aromatic N) is 2. The summed E-state index contributed by atoms with van der Waals surface area (Å²) in [6.45, 7) is 2.83. The van der Waals surface area contributed by atoms with Gasteiger partial charge in [0.25, 0.3) is 11.8 Å². The highest BCUT2D eigenvalue weighted by Crippen LogP contribution is 2.20. The summed E-state index contributed by atoms with van der Waals surface area (Å²) in [5.41, 5.74) is 1.15. The van der Waals surface area contributed by atoms with Crippen molar-refractivity contribution in [2.75, 3.05) is 39.4 Å². The molecule has 2 aliphatic heterocycles. The number of piperidine rings is 2. The average Bonchev–Trinajstić information content (AvgIpc) is 2.72. The topological polar surface area (TPSA) is 81.1 Å². The number of carbonyl (C=O) groups excluding carboxylic acids is 2. The van der Waals surface area contributed by atoms with E-state index in [4.69, 9.17) is 0 Å². The maximum atomic E-state index is 12.6. The molecule has 2 fully saturated rings. The van der Waals surface area contributed by atoms with Crippen LogP contribution in [0.1, 0.15) is 46.4 Å². The van der Waals surface area contributed by atoms with Gasteiger partial charge in [0.05, 0.1) is 0 Å². The third-order valence-electron chi connectivity index (χ3n) is 5.51. The normalized spacial score (nSPS) is 23.8. The lowest BCUT2D eigenvalue weighted by Crippen LogP contribution is -2.41. The van der Waals surface area contributed by atoms with E-state index in [9.17, 15) is 19.8 Å². The molecule has 1 aromatic carbocycles. The van der Waals surface area contributed by atoms with E-state index in [0.29, 0.717) is 37.3 Å². The summed E-state index contributed by atoms with van der Waals surface area (Å²) in [5, 5.41) is 18.6. The fraction of sp³-hybridized carbons (Fsp3) is 0.600. The quantitative estimate of drug-likeness (QED) is 0.850. The largest absolute Gasteiger partial charge is 0.396 e. The number of rotatable bonds is 4. The number of aliphatic hydroxyl groups excluding tert-OH is 2. The van der Waals surface area contributed by atoms with E-state index >= 15 is 0 Å². The van der Waals surface area contributed by atoms with Gasteiger partial charge in [-0.1, -0.05) is 0 Å². The number of aliphatic hydroxyl groups is 2. The Kier molecular flexibility index (Phi) is 6.27. The van der Waals surface area contributed by atoms with Crippen LogP contribution in [0, 0.1) is 11.8 Å². The van der Waals surface area contributed by atoms with Crippen molar-refractivity contribution in [2.45, 2.75) is 25.7 Å². The van der Waals surface area contributed by atoms with Crippen molar-refractivity contribution in [3.8, 4) is 0 Å². The van der Waals surface area contributed by atoms with Gasteiger partial charge in [-0.25, -0.2) is 0 Å². The number of hydrogen-bond acceptors (Lipinski definition) is 4. The minimum absolute atomic E-state index is 0.0412. The van der Waals surface area contributed by atoms with Gasteiger partial charge < -0.3 is 20.0 Å². The number of carbonyl (C=O) groups is 2. The Balaban J connectivity index is 1.64. The van der Waals surface area contributed by atoms with Gasteiger partial charge in [-0.15, -0.1) is 0 Å². The summed E-state index contributed by atoms with van der Waals surface area (Å²) in [7, 11) is 0. The molecule has 0 aromatic heterocycles. The predicted molar refractivity (Wildman–Crippen MR) is 97.9 cm³/mol. The highest BCUT2D eigenvalue weighted by atomic mass is 16.3. The molecular formula is C20H28N2O4. The van der Waals surface area contributed by atoms with Crippen molar-refractivity contribution >= 4 is 11.8 Å². The van der Waals surface area contributed by atoms with Crippen molar-refractivity contribution in [3.05, 3.63) is 35.4 Å². The summed E-state index contributed by atoms with van der Waals surface area (Å²) >= 11 is 0. The van der Waals surface area contributed by atoms with Gasteiger partial charge in [0.1, 0.15) is 0 Å². The highest BCUT2D eigenvalue weighted by Gasteiger charge is 2.26. The standard InChI is InChI=1S/C20H28N2O4/c23-13-15-3-1-9-21(11-15)19(25)17-5-7-18(8-6-17)20(26)22-10-2-4-16(12-22)14-24/h5-8,15-16,23-24H,1-4,9-14H2. The zero-order valence-corrected chi connectivity index (χ0v) is 15.1. The van der Waals surface area contributed by atoms with E-state index in [-0.39, 0.29) is 36.9 Å². The summed E-state index contributed by atoms with van der Waals surface area (Å²) in [6, 6.07) is 6.86. The van der Waals surface area contributed by atoms with E-state index in [1.807, 2.05) is 0 Å². The molecule has 142 valence electrons. The maximum Gasteiger partial charge on any atom is 0.253 e. The summed E-state index contributed by atoms with van der Waals surface area (Å²) in [4.78, 5) is 28.9. The first-order valence-electron chi connectivity index (χ1n) is 9.52. The van der Waals surface area contributed by atoms with Gasteiger partial charge >= 0.3 is 0 Å². The molecule has 0 aliphatic carbocycles. The van der Waals surface area contributed by atoms with Gasteiger partial charge in [0.15, 0.2) is 0 Å². The second kappa shape index (κ2) is 8.64. The fourth-order valence-corrected chi connectivity index (χ4v) is 3.92. The number of likely N-dealkylation sites (tertiary alicyclic amines) is 2. The molecule has 6 heteroatoms. The van der Waals surface area contributed by atoms with Crippen molar-refractivity contribution in [3.63, 3.8) is 0 Å². The smallest absolute Gasteiger partial charge is 0.253 e. The summed E-state index contributed by atoms with van der Waals surface area (Å²) in [6.07, 6.45) is 3.74. The molecule has 0 radical (unpaired) electrons. The van der Waals surface area contributed by atoms with Crippen LogP contribution in [0.5, 0.6) is 0 Å². The van der Waals surface area contributed by atoms with Crippen LogP contribution >= 0.6 is 0 Å². The second-order valence-electron chi connectivity index (χ2n) is 7.46.